The van der Waals surface area contributed by atoms with E-state index in [0.29, 0.717) is 17.3 Å². The molecule has 4 N–H and O–H groups in total. The molecule has 0 unspecified atom stereocenters. The van der Waals surface area contributed by atoms with Gasteiger partial charge in [0.05, 0.1) is 12.5 Å². The lowest BCUT2D eigenvalue weighted by molar-refractivity contribution is -0.137. The Kier molecular flexibility index (Phi) is 6.90. The molecule has 7 nitrogen and oxygen atoms in total. The Labute approximate surface area is 171 Å². The number of carbonyl (C=O) groups excluding carboxylic acids is 2. The van der Waals surface area contributed by atoms with Crippen molar-refractivity contribution in [3.63, 3.8) is 0 Å². The van der Waals surface area contributed by atoms with Crippen LogP contribution in [-0.4, -0.2) is 46.9 Å². The first-order chi connectivity index (χ1) is 13.8. The fourth-order valence-corrected chi connectivity index (χ4v) is 4.26. The number of carbonyl (C=O) groups is 3. The molecule has 0 aliphatic heterocycles. The van der Waals surface area contributed by atoms with E-state index < -0.39 is 12.0 Å². The molecule has 7 heteroatoms. The number of nitrogens with two attached hydrogens (primary N) is 1. The van der Waals surface area contributed by atoms with Crippen LogP contribution in [0, 0.1) is 11.8 Å². The lowest BCUT2D eigenvalue weighted by Crippen LogP contribution is -2.52. The highest BCUT2D eigenvalue weighted by Crippen LogP contribution is 2.32. The second-order valence-corrected chi connectivity index (χ2v) is 8.43. The van der Waals surface area contributed by atoms with E-state index in [1.165, 1.54) is 6.42 Å². The van der Waals surface area contributed by atoms with E-state index >= 15 is 0 Å². The number of carboxylic acids is 1. The van der Waals surface area contributed by atoms with E-state index in [0.717, 1.165) is 38.5 Å². The molecule has 1 aromatic rings. The van der Waals surface area contributed by atoms with Crippen LogP contribution in [0.1, 0.15) is 50.5 Å². The number of nitrogens with zero attached hydrogens (tertiary/aromatic N) is 1. The van der Waals surface area contributed by atoms with Crippen LogP contribution >= 0.6 is 0 Å². The zero-order chi connectivity index (χ0) is 21.0. The van der Waals surface area contributed by atoms with E-state index in [9.17, 15) is 14.4 Å². The molecule has 3 rings (SSSR count). The Morgan fingerprint density at radius 3 is 2.24 bits per heavy atom. The van der Waals surface area contributed by atoms with Gasteiger partial charge < -0.3 is 21.1 Å². The van der Waals surface area contributed by atoms with Gasteiger partial charge in [-0.15, -0.1) is 0 Å². The highest BCUT2D eigenvalue weighted by Gasteiger charge is 2.35. The summed E-state index contributed by atoms with van der Waals surface area (Å²) in [5.41, 5.74) is 7.63. The highest BCUT2D eigenvalue weighted by molar-refractivity contribution is 5.92. The van der Waals surface area contributed by atoms with Gasteiger partial charge in [0, 0.05) is 24.7 Å². The molecule has 1 aromatic carbocycles. The fraction of sp³-hybridized carbons (Fsp3) is 0.591. The third-order valence-electron chi connectivity index (χ3n) is 6.48. The van der Waals surface area contributed by atoms with E-state index in [2.05, 4.69) is 5.32 Å². The van der Waals surface area contributed by atoms with Crippen LogP contribution in [0.5, 0.6) is 0 Å². The molecule has 29 heavy (non-hydrogen) atoms. The van der Waals surface area contributed by atoms with Crippen molar-refractivity contribution in [3.05, 3.63) is 29.8 Å². The summed E-state index contributed by atoms with van der Waals surface area (Å²) in [6.07, 6.45) is 6.29. The predicted molar refractivity (Wildman–Crippen MR) is 110 cm³/mol. The molecule has 0 radical (unpaired) electrons. The van der Waals surface area contributed by atoms with Gasteiger partial charge in [-0.1, -0.05) is 12.1 Å². The van der Waals surface area contributed by atoms with Crippen molar-refractivity contribution < 1.29 is 19.5 Å². The van der Waals surface area contributed by atoms with Gasteiger partial charge in [-0.2, -0.15) is 0 Å². The first-order valence-corrected chi connectivity index (χ1v) is 10.5. The second kappa shape index (κ2) is 9.39. The van der Waals surface area contributed by atoms with Gasteiger partial charge in [-0.05, 0) is 68.6 Å². The molecule has 0 spiro atoms. The van der Waals surface area contributed by atoms with Crippen molar-refractivity contribution in [2.45, 2.75) is 63.5 Å². The minimum absolute atomic E-state index is 0.0269. The van der Waals surface area contributed by atoms with Crippen LogP contribution in [0.15, 0.2) is 24.3 Å². The van der Waals surface area contributed by atoms with Gasteiger partial charge in [-0.3, -0.25) is 14.4 Å². The average molecular weight is 402 g/mol. The van der Waals surface area contributed by atoms with Crippen molar-refractivity contribution in [3.8, 4) is 0 Å². The number of hydrogen-bond acceptors (Lipinski definition) is 4. The molecular formula is C22H31N3O4. The SMILES string of the molecule is CN(C(=O)[C@@H](N)C1CCC(C(=O)Nc2ccc(CC(=O)O)cc2)CC1)C1CCC1. The van der Waals surface area contributed by atoms with Crippen molar-refractivity contribution in [1.82, 2.24) is 4.90 Å². The van der Waals surface area contributed by atoms with Crippen molar-refractivity contribution in [2.24, 2.45) is 17.6 Å². The summed E-state index contributed by atoms with van der Waals surface area (Å²) in [5.74, 6) is -0.833. The van der Waals surface area contributed by atoms with Crippen LogP contribution in [0.2, 0.25) is 0 Å². The first-order valence-electron chi connectivity index (χ1n) is 10.5. The average Bonchev–Trinajstić information content (AvgIpc) is 2.66. The summed E-state index contributed by atoms with van der Waals surface area (Å²) in [7, 11) is 1.85. The number of likely N-dealkylation sites (N-methyl/N-ethyl adjacent to an activating group) is 1. The second-order valence-electron chi connectivity index (χ2n) is 8.43. The van der Waals surface area contributed by atoms with E-state index in [4.69, 9.17) is 10.8 Å². The summed E-state index contributed by atoms with van der Waals surface area (Å²) in [5, 5.41) is 11.7. The molecule has 2 fully saturated rings. The molecule has 2 saturated carbocycles. The van der Waals surface area contributed by atoms with E-state index in [1.54, 1.807) is 24.3 Å². The highest BCUT2D eigenvalue weighted by atomic mass is 16.4. The number of nitrogens with one attached hydrogen (secondary N) is 1. The number of anilines is 1. The number of amides is 2. The maximum Gasteiger partial charge on any atom is 0.307 e. The molecule has 0 aromatic heterocycles. The van der Waals surface area contributed by atoms with E-state index in [1.807, 2.05) is 11.9 Å². The Bertz CT molecular complexity index is 737. The third-order valence-corrected chi connectivity index (χ3v) is 6.48. The van der Waals surface area contributed by atoms with Crippen molar-refractivity contribution >= 4 is 23.5 Å². The number of carboxylic acid groups (broad SMARTS) is 1. The summed E-state index contributed by atoms with van der Waals surface area (Å²) in [6.45, 7) is 0. The maximum absolute atomic E-state index is 12.6. The van der Waals surface area contributed by atoms with Crippen LogP contribution in [0.3, 0.4) is 0 Å². The molecule has 0 saturated heterocycles. The van der Waals surface area contributed by atoms with Gasteiger partial charge in [0.25, 0.3) is 0 Å². The quantitative estimate of drug-likeness (QED) is 0.649. The lowest BCUT2D eigenvalue weighted by atomic mass is 9.77. The molecule has 2 aliphatic rings. The number of hydrogen-bond donors (Lipinski definition) is 3. The minimum Gasteiger partial charge on any atom is -0.481 e. The van der Waals surface area contributed by atoms with Gasteiger partial charge in [-0.25, -0.2) is 0 Å². The van der Waals surface area contributed by atoms with E-state index in [-0.39, 0.29) is 30.1 Å². The topological polar surface area (TPSA) is 113 Å². The molecule has 1 atom stereocenters. The smallest absolute Gasteiger partial charge is 0.307 e. The summed E-state index contributed by atoms with van der Waals surface area (Å²) >= 11 is 0. The zero-order valence-electron chi connectivity index (χ0n) is 17.0. The number of rotatable bonds is 7. The monoisotopic (exact) mass is 401 g/mol. The van der Waals surface area contributed by atoms with Gasteiger partial charge in [0.2, 0.25) is 11.8 Å². The van der Waals surface area contributed by atoms with Gasteiger partial charge >= 0.3 is 5.97 Å². The number of benzene rings is 1. The third kappa shape index (κ3) is 5.35. The first kappa shape index (κ1) is 21.3. The Morgan fingerprint density at radius 2 is 1.72 bits per heavy atom. The molecular weight excluding hydrogens is 370 g/mol. The zero-order valence-corrected chi connectivity index (χ0v) is 17.0. The van der Waals surface area contributed by atoms with Crippen LogP contribution in [0.25, 0.3) is 0 Å². The maximum atomic E-state index is 12.6. The fourth-order valence-electron chi connectivity index (χ4n) is 4.26. The Hall–Kier alpha value is -2.41. The van der Waals surface area contributed by atoms with Crippen molar-refractivity contribution in [2.75, 3.05) is 12.4 Å². The van der Waals surface area contributed by atoms with Crippen LogP contribution < -0.4 is 11.1 Å². The normalized spacial score (nSPS) is 23.0. The Morgan fingerprint density at radius 1 is 1.10 bits per heavy atom. The van der Waals surface area contributed by atoms with Gasteiger partial charge in [0.15, 0.2) is 0 Å². The lowest BCUT2D eigenvalue weighted by Gasteiger charge is -2.38. The summed E-state index contributed by atoms with van der Waals surface area (Å²) in [4.78, 5) is 37.7. The molecule has 2 aliphatic carbocycles. The minimum atomic E-state index is -0.880. The predicted octanol–water partition coefficient (Wildman–Crippen LogP) is 2.40. The molecule has 2 amide bonds. The largest absolute Gasteiger partial charge is 0.481 e. The summed E-state index contributed by atoms with van der Waals surface area (Å²) in [6, 6.07) is 6.75. The molecule has 0 bridgehead atoms. The van der Waals surface area contributed by atoms with Crippen LogP contribution in [-0.2, 0) is 20.8 Å². The van der Waals surface area contributed by atoms with Crippen LogP contribution in [0.4, 0.5) is 5.69 Å². The summed E-state index contributed by atoms with van der Waals surface area (Å²) < 4.78 is 0. The van der Waals surface area contributed by atoms with Crippen molar-refractivity contribution in [1.29, 1.82) is 0 Å². The number of aliphatic carboxylic acids is 1. The molecule has 0 heterocycles. The standard InChI is InChI=1S/C22H31N3O4/c1-25(18-3-2-4-18)22(29)20(23)15-7-9-16(10-8-15)21(28)24-17-11-5-14(6-12-17)13-19(26)27/h5-6,11-12,15-16,18,20H,2-4,7-10,13,23H2,1H3,(H,24,28)(H,26,27)/t15?,16?,20-/m0/s1. The Balaban J connectivity index is 1.46. The molecule has 158 valence electrons. The van der Waals surface area contributed by atoms with Gasteiger partial charge in [0.1, 0.15) is 0 Å².